The summed E-state index contributed by atoms with van der Waals surface area (Å²) >= 11 is 1.32. The molecular formula is C23H23N5O2S. The minimum atomic E-state index is -0.835. The summed E-state index contributed by atoms with van der Waals surface area (Å²) in [4.78, 5) is 25.5. The Hall–Kier alpha value is -3.13. The highest BCUT2D eigenvalue weighted by Gasteiger charge is 2.20. The first-order valence-electron chi connectivity index (χ1n) is 10.5. The number of fused-ring (bicyclic) bond motifs is 2. The van der Waals surface area contributed by atoms with Gasteiger partial charge in [-0.05, 0) is 37.1 Å². The molecule has 1 saturated carbocycles. The van der Waals surface area contributed by atoms with Crippen LogP contribution in [0.3, 0.4) is 0 Å². The third-order valence-corrected chi connectivity index (χ3v) is 6.49. The van der Waals surface area contributed by atoms with Gasteiger partial charge in [0.05, 0.1) is 28.1 Å². The molecule has 5 rings (SSSR count). The summed E-state index contributed by atoms with van der Waals surface area (Å²) in [5.74, 6) is 1.79. The van der Waals surface area contributed by atoms with Crippen LogP contribution in [0.15, 0.2) is 48.5 Å². The zero-order valence-corrected chi connectivity index (χ0v) is 17.8. The van der Waals surface area contributed by atoms with Crippen LogP contribution in [0.25, 0.3) is 27.9 Å². The number of hydrogen-bond donors (Lipinski definition) is 2. The molecule has 1 aliphatic carbocycles. The Morgan fingerprint density at radius 2 is 1.77 bits per heavy atom. The highest BCUT2D eigenvalue weighted by atomic mass is 32.2. The molecule has 0 bridgehead atoms. The van der Waals surface area contributed by atoms with Gasteiger partial charge in [0.2, 0.25) is 5.95 Å². The van der Waals surface area contributed by atoms with Crippen molar-refractivity contribution in [1.82, 2.24) is 19.5 Å². The van der Waals surface area contributed by atoms with Gasteiger partial charge in [-0.25, -0.2) is 9.97 Å². The minimum Gasteiger partial charge on any atom is -0.481 e. The number of thioether (sulfide) groups is 1. The first-order chi connectivity index (χ1) is 15.2. The average molecular weight is 434 g/mol. The molecule has 2 N–H and O–H groups in total. The molecule has 158 valence electrons. The number of benzene rings is 2. The van der Waals surface area contributed by atoms with Crippen molar-refractivity contribution >= 4 is 45.5 Å². The van der Waals surface area contributed by atoms with Crippen LogP contribution in [0.1, 0.15) is 31.5 Å². The predicted octanol–water partition coefficient (Wildman–Crippen LogP) is 4.64. The molecule has 7 nitrogen and oxygen atoms in total. The van der Waals surface area contributed by atoms with Gasteiger partial charge < -0.3 is 10.4 Å². The summed E-state index contributed by atoms with van der Waals surface area (Å²) in [7, 11) is 0. The number of carbonyl (C=O) groups is 1. The number of imidazole rings is 1. The second-order valence-electron chi connectivity index (χ2n) is 7.75. The maximum absolute atomic E-state index is 11.0. The molecule has 4 aromatic rings. The SMILES string of the molecule is O=C(O)CSCc1nc2ccccc2n1-c1nc(NC2CCCC2)c2ccccc2n1. The molecule has 0 aliphatic heterocycles. The first kappa shape index (κ1) is 19.8. The zero-order chi connectivity index (χ0) is 21.2. The molecule has 0 spiro atoms. The van der Waals surface area contributed by atoms with E-state index in [2.05, 4.69) is 5.32 Å². The maximum atomic E-state index is 11.0. The molecule has 0 saturated heterocycles. The standard InChI is InChI=1S/C23H23N5O2S/c29-21(30)14-31-13-20-25-18-11-5-6-12-19(18)28(20)23-26-17-10-4-3-9-16(17)22(27-23)24-15-7-1-2-8-15/h3-6,9-12,15H,1-2,7-8,13-14H2,(H,29,30)(H,24,26,27). The van der Waals surface area contributed by atoms with Crippen LogP contribution in [-0.4, -0.2) is 42.4 Å². The number of carboxylic acid groups (broad SMARTS) is 1. The lowest BCUT2D eigenvalue weighted by molar-refractivity contribution is -0.133. The van der Waals surface area contributed by atoms with Crippen LogP contribution in [-0.2, 0) is 10.5 Å². The van der Waals surface area contributed by atoms with Gasteiger partial charge in [0.25, 0.3) is 0 Å². The summed E-state index contributed by atoms with van der Waals surface area (Å²) in [6.45, 7) is 0. The van der Waals surface area contributed by atoms with E-state index in [9.17, 15) is 4.79 Å². The third-order valence-electron chi connectivity index (χ3n) is 5.57. The van der Waals surface area contributed by atoms with Gasteiger partial charge in [0.15, 0.2) is 0 Å². The number of anilines is 1. The van der Waals surface area contributed by atoms with Gasteiger partial charge >= 0.3 is 5.97 Å². The average Bonchev–Trinajstić information content (AvgIpc) is 3.41. The zero-order valence-electron chi connectivity index (χ0n) is 17.0. The Bertz CT molecular complexity index is 1250. The number of carboxylic acids is 1. The molecular weight excluding hydrogens is 410 g/mol. The Kier molecular flexibility index (Phi) is 5.46. The molecule has 2 aromatic carbocycles. The summed E-state index contributed by atoms with van der Waals surface area (Å²) in [5.41, 5.74) is 2.63. The molecule has 0 unspecified atom stereocenters. The summed E-state index contributed by atoms with van der Waals surface area (Å²) in [5, 5.41) is 13.7. The smallest absolute Gasteiger partial charge is 0.313 e. The van der Waals surface area contributed by atoms with Gasteiger partial charge in [-0.1, -0.05) is 37.1 Å². The number of nitrogens with one attached hydrogen (secondary N) is 1. The summed E-state index contributed by atoms with van der Waals surface area (Å²) in [6, 6.07) is 16.3. The Morgan fingerprint density at radius 3 is 2.58 bits per heavy atom. The fraction of sp³-hybridized carbons (Fsp3) is 0.304. The van der Waals surface area contributed by atoms with Crippen molar-refractivity contribution in [3.05, 3.63) is 54.4 Å². The van der Waals surface area contributed by atoms with Crippen LogP contribution >= 0.6 is 11.8 Å². The topological polar surface area (TPSA) is 92.9 Å². The molecule has 8 heteroatoms. The molecule has 0 atom stereocenters. The maximum Gasteiger partial charge on any atom is 0.313 e. The van der Waals surface area contributed by atoms with E-state index in [-0.39, 0.29) is 5.75 Å². The van der Waals surface area contributed by atoms with E-state index >= 15 is 0 Å². The van der Waals surface area contributed by atoms with Crippen molar-refractivity contribution in [2.24, 2.45) is 0 Å². The van der Waals surface area contributed by atoms with Crippen molar-refractivity contribution in [1.29, 1.82) is 0 Å². The van der Waals surface area contributed by atoms with Gasteiger partial charge in [-0.15, -0.1) is 11.8 Å². The van der Waals surface area contributed by atoms with Crippen molar-refractivity contribution in [2.75, 3.05) is 11.1 Å². The number of aliphatic carboxylic acids is 1. The lowest BCUT2D eigenvalue weighted by Gasteiger charge is -2.16. The van der Waals surface area contributed by atoms with Crippen molar-refractivity contribution < 1.29 is 9.90 Å². The van der Waals surface area contributed by atoms with E-state index in [1.54, 1.807) is 0 Å². The van der Waals surface area contributed by atoms with Crippen molar-refractivity contribution in [2.45, 2.75) is 37.5 Å². The van der Waals surface area contributed by atoms with E-state index in [1.807, 2.05) is 53.1 Å². The van der Waals surface area contributed by atoms with Crippen LogP contribution in [0, 0.1) is 0 Å². The fourth-order valence-electron chi connectivity index (χ4n) is 4.16. The predicted molar refractivity (Wildman–Crippen MR) is 124 cm³/mol. The Labute approximate surface area is 183 Å². The number of aromatic nitrogens is 4. The Balaban J connectivity index is 1.63. The number of nitrogens with zero attached hydrogens (tertiary/aromatic N) is 4. The van der Waals surface area contributed by atoms with Gasteiger partial charge in [-0.3, -0.25) is 9.36 Å². The van der Waals surface area contributed by atoms with Crippen LogP contribution in [0.5, 0.6) is 0 Å². The van der Waals surface area contributed by atoms with E-state index in [0.717, 1.165) is 46.4 Å². The van der Waals surface area contributed by atoms with Gasteiger partial charge in [-0.2, -0.15) is 4.98 Å². The Morgan fingerprint density at radius 1 is 1.03 bits per heavy atom. The van der Waals surface area contributed by atoms with Crippen LogP contribution < -0.4 is 5.32 Å². The van der Waals surface area contributed by atoms with Gasteiger partial charge in [0, 0.05) is 11.4 Å². The second kappa shape index (κ2) is 8.55. The normalized spacial score (nSPS) is 14.5. The quantitative estimate of drug-likeness (QED) is 0.438. The number of para-hydroxylation sites is 3. The van der Waals surface area contributed by atoms with E-state index < -0.39 is 5.97 Å². The molecule has 31 heavy (non-hydrogen) atoms. The molecule has 0 amide bonds. The van der Waals surface area contributed by atoms with E-state index in [4.69, 9.17) is 20.1 Å². The van der Waals surface area contributed by atoms with E-state index in [0.29, 0.717) is 17.7 Å². The summed E-state index contributed by atoms with van der Waals surface area (Å²) in [6.07, 6.45) is 4.78. The number of rotatable bonds is 7. The first-order valence-corrected chi connectivity index (χ1v) is 11.6. The minimum absolute atomic E-state index is 0.0241. The van der Waals surface area contributed by atoms with Crippen molar-refractivity contribution in [3.63, 3.8) is 0 Å². The lowest BCUT2D eigenvalue weighted by Crippen LogP contribution is -2.17. The highest BCUT2D eigenvalue weighted by molar-refractivity contribution is 7.99. The highest BCUT2D eigenvalue weighted by Crippen LogP contribution is 2.29. The van der Waals surface area contributed by atoms with Crippen LogP contribution in [0.2, 0.25) is 0 Å². The summed E-state index contributed by atoms with van der Waals surface area (Å²) < 4.78 is 1.95. The van der Waals surface area contributed by atoms with Gasteiger partial charge in [0.1, 0.15) is 11.6 Å². The monoisotopic (exact) mass is 433 g/mol. The largest absolute Gasteiger partial charge is 0.481 e. The van der Waals surface area contributed by atoms with Crippen molar-refractivity contribution in [3.8, 4) is 5.95 Å². The fourth-order valence-corrected chi connectivity index (χ4v) is 4.82. The third kappa shape index (κ3) is 4.07. The molecule has 1 fully saturated rings. The lowest BCUT2D eigenvalue weighted by atomic mass is 10.2. The van der Waals surface area contributed by atoms with Crippen LogP contribution in [0.4, 0.5) is 5.82 Å². The molecule has 2 aromatic heterocycles. The number of hydrogen-bond acceptors (Lipinski definition) is 6. The molecule has 0 radical (unpaired) electrons. The molecule has 1 aliphatic rings. The second-order valence-corrected chi connectivity index (χ2v) is 8.74. The van der Waals surface area contributed by atoms with E-state index in [1.165, 1.54) is 24.6 Å². The molecule has 2 heterocycles.